The van der Waals surface area contributed by atoms with Gasteiger partial charge in [0, 0.05) is 5.75 Å². The van der Waals surface area contributed by atoms with Gasteiger partial charge in [-0.2, -0.15) is 0 Å². The molecule has 0 aliphatic rings. The molecule has 3 heterocycles. The second-order valence-corrected chi connectivity index (χ2v) is 8.26. The van der Waals surface area contributed by atoms with E-state index in [1.165, 1.54) is 29.4 Å². The Morgan fingerprint density at radius 1 is 1.29 bits per heavy atom. The molecule has 142 valence electrons. The normalized spacial score (nSPS) is 11.1. The SMILES string of the molecule is Cc1cc2nc(CSc3nnc(NC(=O)c4ccco4)s3)c(=O)[nH]c2cc1C. The number of furan rings is 1. The zero-order chi connectivity index (χ0) is 19.7. The van der Waals surface area contributed by atoms with Gasteiger partial charge in [-0.25, -0.2) is 4.98 Å². The summed E-state index contributed by atoms with van der Waals surface area (Å²) in [5.41, 5.74) is 3.88. The van der Waals surface area contributed by atoms with E-state index >= 15 is 0 Å². The van der Waals surface area contributed by atoms with Crippen LogP contribution in [0.3, 0.4) is 0 Å². The van der Waals surface area contributed by atoms with Crippen molar-refractivity contribution in [3.63, 3.8) is 0 Å². The Balaban J connectivity index is 1.47. The molecular formula is C18H15N5O3S2. The number of amides is 1. The third kappa shape index (κ3) is 3.82. The van der Waals surface area contributed by atoms with Crippen molar-refractivity contribution in [3.8, 4) is 0 Å². The summed E-state index contributed by atoms with van der Waals surface area (Å²) < 4.78 is 5.66. The fourth-order valence-electron chi connectivity index (χ4n) is 2.50. The number of H-pyrrole nitrogens is 1. The number of hydrogen-bond acceptors (Lipinski definition) is 8. The van der Waals surface area contributed by atoms with Crippen LogP contribution in [0.1, 0.15) is 27.4 Å². The Kier molecular flexibility index (Phi) is 4.97. The number of anilines is 1. The first-order valence-corrected chi connectivity index (χ1v) is 10.1. The van der Waals surface area contributed by atoms with Crippen molar-refractivity contribution >= 4 is 45.2 Å². The van der Waals surface area contributed by atoms with Gasteiger partial charge in [0.2, 0.25) is 5.13 Å². The predicted octanol–water partition coefficient (Wildman–Crippen LogP) is 3.53. The third-order valence-electron chi connectivity index (χ3n) is 4.08. The maximum atomic E-state index is 12.3. The van der Waals surface area contributed by atoms with Crippen molar-refractivity contribution in [1.82, 2.24) is 20.2 Å². The fourth-order valence-corrected chi connectivity index (χ4v) is 4.17. The lowest BCUT2D eigenvalue weighted by Crippen LogP contribution is -2.14. The molecule has 0 aliphatic carbocycles. The summed E-state index contributed by atoms with van der Waals surface area (Å²) in [6.45, 7) is 4.00. The number of rotatable bonds is 5. The fraction of sp³-hybridized carbons (Fsp3) is 0.167. The highest BCUT2D eigenvalue weighted by molar-refractivity contribution is 8.00. The van der Waals surface area contributed by atoms with E-state index in [0.29, 0.717) is 20.9 Å². The van der Waals surface area contributed by atoms with Gasteiger partial charge in [0.15, 0.2) is 10.1 Å². The van der Waals surface area contributed by atoms with Gasteiger partial charge in [-0.1, -0.05) is 23.1 Å². The van der Waals surface area contributed by atoms with Gasteiger partial charge in [-0.15, -0.1) is 10.2 Å². The Bertz CT molecular complexity index is 1210. The summed E-state index contributed by atoms with van der Waals surface area (Å²) in [6, 6.07) is 7.08. The van der Waals surface area contributed by atoms with E-state index in [1.807, 2.05) is 26.0 Å². The van der Waals surface area contributed by atoms with Crippen LogP contribution in [0.4, 0.5) is 5.13 Å². The average Bonchev–Trinajstić information content (AvgIpc) is 3.33. The molecule has 0 aliphatic heterocycles. The van der Waals surface area contributed by atoms with Crippen LogP contribution in [0.15, 0.2) is 44.1 Å². The Labute approximate surface area is 167 Å². The number of fused-ring (bicyclic) bond motifs is 1. The van der Waals surface area contributed by atoms with Gasteiger partial charge in [0.1, 0.15) is 5.69 Å². The van der Waals surface area contributed by atoms with Crippen molar-refractivity contribution in [2.75, 3.05) is 5.32 Å². The van der Waals surface area contributed by atoms with Crippen molar-refractivity contribution in [2.24, 2.45) is 0 Å². The van der Waals surface area contributed by atoms with Crippen LogP contribution in [-0.4, -0.2) is 26.1 Å². The molecule has 28 heavy (non-hydrogen) atoms. The van der Waals surface area contributed by atoms with E-state index in [4.69, 9.17) is 4.42 Å². The largest absolute Gasteiger partial charge is 0.459 e. The minimum atomic E-state index is -0.393. The minimum Gasteiger partial charge on any atom is -0.459 e. The van der Waals surface area contributed by atoms with Crippen molar-refractivity contribution in [1.29, 1.82) is 0 Å². The van der Waals surface area contributed by atoms with E-state index in [2.05, 4.69) is 25.5 Å². The number of benzene rings is 1. The molecule has 3 aromatic heterocycles. The Hall–Kier alpha value is -2.98. The summed E-state index contributed by atoms with van der Waals surface area (Å²) in [7, 11) is 0. The molecule has 4 rings (SSSR count). The lowest BCUT2D eigenvalue weighted by atomic mass is 10.1. The van der Waals surface area contributed by atoms with E-state index in [-0.39, 0.29) is 11.3 Å². The van der Waals surface area contributed by atoms with Crippen LogP contribution in [0.25, 0.3) is 11.0 Å². The smallest absolute Gasteiger partial charge is 0.293 e. The van der Waals surface area contributed by atoms with Crippen LogP contribution in [-0.2, 0) is 5.75 Å². The summed E-state index contributed by atoms with van der Waals surface area (Å²) >= 11 is 2.56. The Morgan fingerprint density at radius 2 is 2.11 bits per heavy atom. The number of nitrogens with one attached hydrogen (secondary N) is 2. The van der Waals surface area contributed by atoms with Gasteiger partial charge < -0.3 is 9.40 Å². The number of carbonyl (C=O) groups is 1. The molecule has 0 spiro atoms. The van der Waals surface area contributed by atoms with E-state index in [1.54, 1.807) is 12.1 Å². The van der Waals surface area contributed by atoms with Crippen molar-refractivity contribution in [3.05, 3.63) is 63.5 Å². The molecule has 0 bridgehead atoms. The minimum absolute atomic E-state index is 0.196. The number of aromatic amines is 1. The van der Waals surface area contributed by atoms with Crippen LogP contribution < -0.4 is 10.9 Å². The molecule has 0 atom stereocenters. The quantitative estimate of drug-likeness (QED) is 0.380. The second-order valence-electron chi connectivity index (χ2n) is 6.06. The maximum absolute atomic E-state index is 12.3. The van der Waals surface area contributed by atoms with Crippen LogP contribution in [0, 0.1) is 13.8 Å². The number of nitrogens with zero attached hydrogens (tertiary/aromatic N) is 3. The highest BCUT2D eigenvalue weighted by Crippen LogP contribution is 2.28. The highest BCUT2D eigenvalue weighted by atomic mass is 32.2. The molecule has 0 saturated heterocycles. The monoisotopic (exact) mass is 413 g/mol. The van der Waals surface area contributed by atoms with Crippen molar-refractivity contribution < 1.29 is 9.21 Å². The maximum Gasteiger partial charge on any atom is 0.293 e. The average molecular weight is 413 g/mol. The second kappa shape index (κ2) is 7.56. The molecule has 0 saturated carbocycles. The first-order chi connectivity index (χ1) is 13.5. The molecule has 4 aromatic rings. The topological polar surface area (TPSA) is 114 Å². The van der Waals surface area contributed by atoms with E-state index in [9.17, 15) is 9.59 Å². The zero-order valence-corrected chi connectivity index (χ0v) is 16.6. The molecule has 0 unspecified atom stereocenters. The van der Waals surface area contributed by atoms with Gasteiger partial charge in [0.25, 0.3) is 11.5 Å². The standard InChI is InChI=1S/C18H15N5O3S2/c1-9-6-11-12(7-10(9)2)20-15(24)13(19-11)8-27-18-23-22-17(28-18)21-16(25)14-4-3-5-26-14/h3-7H,8H2,1-2H3,(H,20,24)(H,21,22,25). The molecule has 10 heteroatoms. The zero-order valence-electron chi connectivity index (χ0n) is 15.0. The van der Waals surface area contributed by atoms with Gasteiger partial charge in [-0.05, 0) is 49.2 Å². The summed E-state index contributed by atoms with van der Waals surface area (Å²) in [5, 5.41) is 11.0. The molecule has 0 radical (unpaired) electrons. The third-order valence-corrected chi connectivity index (χ3v) is 6.07. The van der Waals surface area contributed by atoms with Gasteiger partial charge in [0.05, 0.1) is 17.3 Å². The summed E-state index contributed by atoms with van der Waals surface area (Å²) in [4.78, 5) is 31.6. The molecular weight excluding hydrogens is 398 g/mol. The van der Waals surface area contributed by atoms with Crippen LogP contribution in [0.5, 0.6) is 0 Å². The van der Waals surface area contributed by atoms with Crippen molar-refractivity contribution in [2.45, 2.75) is 23.9 Å². The number of aromatic nitrogens is 4. The van der Waals surface area contributed by atoms with Crippen LogP contribution in [0.2, 0.25) is 0 Å². The molecule has 1 amide bonds. The lowest BCUT2D eigenvalue weighted by molar-refractivity contribution is 0.0996. The summed E-state index contributed by atoms with van der Waals surface area (Å²) in [6.07, 6.45) is 1.42. The first kappa shape index (κ1) is 18.4. The van der Waals surface area contributed by atoms with Gasteiger partial charge in [-0.3, -0.25) is 14.9 Å². The number of aryl methyl sites for hydroxylation is 2. The van der Waals surface area contributed by atoms with E-state index < -0.39 is 5.91 Å². The molecule has 1 aromatic carbocycles. The van der Waals surface area contributed by atoms with Crippen LogP contribution >= 0.6 is 23.1 Å². The summed E-state index contributed by atoms with van der Waals surface area (Å²) in [5.74, 6) is 0.150. The number of thioether (sulfide) groups is 1. The van der Waals surface area contributed by atoms with E-state index in [0.717, 1.165) is 22.2 Å². The Morgan fingerprint density at radius 3 is 2.89 bits per heavy atom. The lowest BCUT2D eigenvalue weighted by Gasteiger charge is -2.05. The highest BCUT2D eigenvalue weighted by Gasteiger charge is 2.14. The predicted molar refractivity (Wildman–Crippen MR) is 108 cm³/mol. The molecule has 8 nitrogen and oxygen atoms in total. The molecule has 0 fully saturated rings. The first-order valence-electron chi connectivity index (χ1n) is 8.31. The number of carbonyl (C=O) groups excluding carboxylic acids is 1. The molecule has 2 N–H and O–H groups in total. The number of hydrogen-bond donors (Lipinski definition) is 2. The van der Waals surface area contributed by atoms with Gasteiger partial charge >= 0.3 is 0 Å².